The molecule has 3 aromatic carbocycles. The second-order valence-corrected chi connectivity index (χ2v) is 10.2. The predicted octanol–water partition coefficient (Wildman–Crippen LogP) is 4.78. The Morgan fingerprint density at radius 2 is 1.73 bits per heavy atom. The number of hydrogen-bond donors (Lipinski definition) is 0. The van der Waals surface area contributed by atoms with E-state index in [0.29, 0.717) is 45.3 Å². The molecule has 0 radical (unpaired) electrons. The van der Waals surface area contributed by atoms with Crippen molar-refractivity contribution >= 4 is 23.4 Å². The monoisotopic (exact) mass is 554 g/mol. The first-order chi connectivity index (χ1) is 19.5. The number of thiazole rings is 1. The smallest absolute Gasteiger partial charge is 0.338 e. The molecule has 1 aliphatic heterocycles. The van der Waals surface area contributed by atoms with Crippen molar-refractivity contribution in [1.29, 1.82) is 0 Å². The third-order valence-electron chi connectivity index (χ3n) is 6.43. The van der Waals surface area contributed by atoms with Crippen molar-refractivity contribution in [3.8, 4) is 11.5 Å². The Labute approximate surface area is 236 Å². The average Bonchev–Trinajstić information content (AvgIpc) is 3.26. The lowest BCUT2D eigenvalue weighted by Crippen LogP contribution is -2.39. The fraction of sp³-hybridized carbons (Fsp3) is 0.219. The molecule has 0 spiro atoms. The van der Waals surface area contributed by atoms with Crippen LogP contribution in [0.3, 0.4) is 0 Å². The standard InChI is InChI=1S/C32H30N2O5S/c1-4-37-25-16-14-24(15-17-25)29-28(31(36)38-5-2)21(3)33-32-34(29)30(35)27(40-32)19-23-12-9-13-26(18-23)39-20-22-10-7-6-8-11-22/h6-19,29H,4-5,20H2,1-3H3/b27-19-/t29-/m1/s1. The first kappa shape index (κ1) is 27.1. The van der Waals surface area contributed by atoms with Gasteiger partial charge in [-0.05, 0) is 67.8 Å². The van der Waals surface area contributed by atoms with E-state index in [2.05, 4.69) is 4.99 Å². The molecule has 1 aliphatic rings. The van der Waals surface area contributed by atoms with Gasteiger partial charge in [0, 0.05) is 0 Å². The van der Waals surface area contributed by atoms with E-state index in [0.717, 1.165) is 16.7 Å². The highest BCUT2D eigenvalue weighted by atomic mass is 32.1. The molecule has 1 aromatic heterocycles. The summed E-state index contributed by atoms with van der Waals surface area (Å²) in [7, 11) is 0. The summed E-state index contributed by atoms with van der Waals surface area (Å²) in [6.07, 6.45) is 1.83. The van der Waals surface area contributed by atoms with Gasteiger partial charge in [-0.1, -0.05) is 65.9 Å². The number of hydrogen-bond acceptors (Lipinski definition) is 7. The van der Waals surface area contributed by atoms with Gasteiger partial charge in [0.25, 0.3) is 5.56 Å². The maximum absolute atomic E-state index is 13.9. The van der Waals surface area contributed by atoms with Crippen molar-refractivity contribution in [1.82, 2.24) is 4.57 Å². The van der Waals surface area contributed by atoms with Crippen LogP contribution in [-0.4, -0.2) is 23.8 Å². The molecule has 7 nitrogen and oxygen atoms in total. The molecule has 4 aromatic rings. The van der Waals surface area contributed by atoms with Gasteiger partial charge in [-0.25, -0.2) is 9.79 Å². The van der Waals surface area contributed by atoms with Gasteiger partial charge in [-0.3, -0.25) is 9.36 Å². The molecule has 0 unspecified atom stereocenters. The molecule has 204 valence electrons. The van der Waals surface area contributed by atoms with Gasteiger partial charge in [0.2, 0.25) is 0 Å². The molecule has 0 bridgehead atoms. The first-order valence-electron chi connectivity index (χ1n) is 13.2. The van der Waals surface area contributed by atoms with Crippen molar-refractivity contribution in [2.45, 2.75) is 33.4 Å². The molecule has 0 aliphatic carbocycles. The zero-order chi connectivity index (χ0) is 28.1. The lowest BCUT2D eigenvalue weighted by molar-refractivity contribution is -0.139. The van der Waals surface area contributed by atoms with Gasteiger partial charge in [-0.15, -0.1) is 0 Å². The maximum atomic E-state index is 13.9. The zero-order valence-electron chi connectivity index (χ0n) is 22.6. The fourth-order valence-corrected chi connectivity index (χ4v) is 5.65. The van der Waals surface area contributed by atoms with Crippen LogP contribution in [0.25, 0.3) is 6.08 Å². The number of benzene rings is 3. The summed E-state index contributed by atoms with van der Waals surface area (Å²) >= 11 is 1.29. The lowest BCUT2D eigenvalue weighted by Gasteiger charge is -2.24. The van der Waals surface area contributed by atoms with Gasteiger partial charge in [0.05, 0.1) is 35.1 Å². The van der Waals surface area contributed by atoms with Crippen molar-refractivity contribution in [2.75, 3.05) is 13.2 Å². The fourth-order valence-electron chi connectivity index (χ4n) is 4.61. The van der Waals surface area contributed by atoms with E-state index >= 15 is 0 Å². The molecule has 0 saturated heterocycles. The molecule has 1 atom stereocenters. The number of esters is 1. The number of nitrogens with zero attached hydrogens (tertiary/aromatic N) is 2. The summed E-state index contributed by atoms with van der Waals surface area (Å²) in [5.41, 5.74) is 3.32. The SMILES string of the molecule is CCOC(=O)C1=C(C)N=c2s/c(=C\c3cccc(OCc4ccccc4)c3)c(=O)n2[C@@H]1c1ccc(OCC)cc1. The van der Waals surface area contributed by atoms with Crippen molar-refractivity contribution in [3.63, 3.8) is 0 Å². The molecule has 0 N–H and O–H groups in total. The number of rotatable bonds is 9. The largest absolute Gasteiger partial charge is 0.494 e. The van der Waals surface area contributed by atoms with Crippen LogP contribution in [-0.2, 0) is 16.1 Å². The van der Waals surface area contributed by atoms with E-state index in [1.165, 1.54) is 11.3 Å². The van der Waals surface area contributed by atoms with E-state index in [1.54, 1.807) is 18.4 Å². The van der Waals surface area contributed by atoms with Crippen LogP contribution < -0.4 is 24.4 Å². The molecule has 8 heteroatoms. The Kier molecular flexibility index (Phi) is 8.26. The van der Waals surface area contributed by atoms with E-state index in [-0.39, 0.29) is 12.2 Å². The van der Waals surface area contributed by atoms with Crippen molar-refractivity contribution in [3.05, 3.63) is 127 Å². The Bertz CT molecular complexity index is 1720. The minimum atomic E-state index is -0.673. The summed E-state index contributed by atoms with van der Waals surface area (Å²) in [6, 6.07) is 24.3. The summed E-state index contributed by atoms with van der Waals surface area (Å²) in [6.45, 7) is 6.66. The molecular formula is C32H30N2O5S. The molecular weight excluding hydrogens is 524 g/mol. The third-order valence-corrected chi connectivity index (χ3v) is 7.41. The van der Waals surface area contributed by atoms with Crippen LogP contribution in [0.2, 0.25) is 0 Å². The molecule has 0 fully saturated rings. The van der Waals surface area contributed by atoms with Crippen LogP contribution in [0.4, 0.5) is 0 Å². The minimum Gasteiger partial charge on any atom is -0.494 e. The summed E-state index contributed by atoms with van der Waals surface area (Å²) < 4.78 is 19.0. The predicted molar refractivity (Wildman–Crippen MR) is 155 cm³/mol. The zero-order valence-corrected chi connectivity index (χ0v) is 23.4. The molecule has 2 heterocycles. The molecule has 0 saturated carbocycles. The molecule has 40 heavy (non-hydrogen) atoms. The average molecular weight is 555 g/mol. The highest BCUT2D eigenvalue weighted by molar-refractivity contribution is 7.07. The van der Waals surface area contributed by atoms with E-state index < -0.39 is 12.0 Å². The molecule has 0 amide bonds. The van der Waals surface area contributed by atoms with Crippen LogP contribution in [0.5, 0.6) is 11.5 Å². The van der Waals surface area contributed by atoms with Gasteiger partial charge in [0.1, 0.15) is 18.1 Å². The van der Waals surface area contributed by atoms with Crippen LogP contribution in [0.15, 0.2) is 99.9 Å². The second kappa shape index (κ2) is 12.2. The summed E-state index contributed by atoms with van der Waals surface area (Å²) in [4.78, 5) is 32.1. The van der Waals surface area contributed by atoms with Gasteiger partial charge >= 0.3 is 5.97 Å². The quantitative estimate of drug-likeness (QED) is 0.279. The van der Waals surface area contributed by atoms with E-state index in [4.69, 9.17) is 14.2 Å². The van der Waals surface area contributed by atoms with Gasteiger partial charge in [0.15, 0.2) is 4.80 Å². The maximum Gasteiger partial charge on any atom is 0.338 e. The Hall–Kier alpha value is -4.43. The second-order valence-electron chi connectivity index (χ2n) is 9.15. The number of ether oxygens (including phenoxy) is 3. The normalized spacial score (nSPS) is 14.9. The third kappa shape index (κ3) is 5.77. The minimum absolute atomic E-state index is 0.221. The van der Waals surface area contributed by atoms with Crippen molar-refractivity contribution < 1.29 is 19.0 Å². The molecule has 5 rings (SSSR count). The summed E-state index contributed by atoms with van der Waals surface area (Å²) in [5.74, 6) is 0.935. The van der Waals surface area contributed by atoms with Crippen LogP contribution in [0.1, 0.15) is 43.5 Å². The Balaban J connectivity index is 1.54. The van der Waals surface area contributed by atoms with Crippen LogP contribution in [0, 0.1) is 0 Å². The summed E-state index contributed by atoms with van der Waals surface area (Å²) in [5, 5.41) is 0. The Morgan fingerprint density at radius 1 is 0.950 bits per heavy atom. The van der Waals surface area contributed by atoms with E-state index in [1.807, 2.05) is 91.9 Å². The highest BCUT2D eigenvalue weighted by Gasteiger charge is 2.33. The van der Waals surface area contributed by atoms with Crippen molar-refractivity contribution in [2.24, 2.45) is 4.99 Å². The van der Waals surface area contributed by atoms with Gasteiger partial charge in [-0.2, -0.15) is 0 Å². The Morgan fingerprint density at radius 3 is 2.45 bits per heavy atom. The first-order valence-corrected chi connectivity index (χ1v) is 14.0. The van der Waals surface area contributed by atoms with Crippen LogP contribution >= 0.6 is 11.3 Å². The highest BCUT2D eigenvalue weighted by Crippen LogP contribution is 2.31. The number of fused-ring (bicyclic) bond motifs is 1. The van der Waals surface area contributed by atoms with Gasteiger partial charge < -0.3 is 14.2 Å². The number of carbonyl (C=O) groups is 1. The number of aromatic nitrogens is 1. The number of allylic oxidation sites excluding steroid dienone is 1. The lowest BCUT2D eigenvalue weighted by atomic mass is 9.96. The topological polar surface area (TPSA) is 79.1 Å². The number of carbonyl (C=O) groups excluding carboxylic acids is 1. The van der Waals surface area contributed by atoms with E-state index in [9.17, 15) is 9.59 Å².